The first-order valence-electron chi connectivity index (χ1n) is 13.4. The maximum Gasteiger partial charge on any atom is 0.254 e. The first-order chi connectivity index (χ1) is 19.3. The van der Waals surface area contributed by atoms with E-state index in [0.717, 1.165) is 42.8 Å². The fourth-order valence-corrected chi connectivity index (χ4v) is 5.23. The van der Waals surface area contributed by atoms with Crippen LogP contribution in [-0.2, 0) is 27.2 Å². The number of aliphatic hydroxyl groups is 2. The monoisotopic (exact) mass is 592 g/mol. The van der Waals surface area contributed by atoms with E-state index in [9.17, 15) is 24.6 Å². The smallest absolute Gasteiger partial charge is 0.254 e. The Morgan fingerprint density at radius 1 is 1.18 bits per heavy atom. The standard InChI is InChI=1S/C24H34N2O4S.C4H5NOS.CH5N/c1-4-18-10-6-7-11-19(18)14-17(3)16-31-20(5-2)15-25-23(29)21(27)22(28)24(30)26-12-8-9-13-26;6-1-4-2-7-3-5-4;1-2/h5-7,10-11,16,21-22,27-28H,4,8-9,12-15H2,1-3H3,(H,25,29);1-2,5H,3H2;2H2,1H3/b17-16+,20-5-;;. The number of aldehydes is 1. The Morgan fingerprint density at radius 2 is 1.82 bits per heavy atom. The Bertz CT molecular complexity index is 1040. The van der Waals surface area contributed by atoms with E-state index in [1.807, 2.05) is 18.4 Å². The molecule has 0 aromatic heterocycles. The van der Waals surface area contributed by atoms with E-state index in [1.54, 1.807) is 11.8 Å². The highest BCUT2D eigenvalue weighted by Gasteiger charge is 2.34. The Balaban J connectivity index is 0.000000759. The molecule has 9 nitrogen and oxygen atoms in total. The zero-order chi connectivity index (χ0) is 29.9. The normalized spacial score (nSPS) is 16.4. The number of hydrogen-bond donors (Lipinski definition) is 5. The molecule has 2 aliphatic rings. The third-order valence-electron chi connectivity index (χ3n) is 6.07. The lowest BCUT2D eigenvalue weighted by molar-refractivity contribution is -0.152. The van der Waals surface area contributed by atoms with Crippen LogP contribution in [0.5, 0.6) is 0 Å². The number of nitrogens with one attached hydrogen (secondary N) is 2. The van der Waals surface area contributed by atoms with Gasteiger partial charge in [0.2, 0.25) is 0 Å². The van der Waals surface area contributed by atoms with Crippen molar-refractivity contribution in [1.82, 2.24) is 15.5 Å². The van der Waals surface area contributed by atoms with Gasteiger partial charge in [-0.3, -0.25) is 14.4 Å². The number of carbonyl (C=O) groups is 3. The molecule has 0 bridgehead atoms. The van der Waals surface area contributed by atoms with Crippen molar-refractivity contribution in [3.05, 3.63) is 68.5 Å². The second kappa shape index (κ2) is 20.3. The first-order valence-corrected chi connectivity index (χ1v) is 15.3. The molecule has 2 heterocycles. The molecule has 2 unspecified atom stereocenters. The van der Waals surface area contributed by atoms with Gasteiger partial charge in [-0.15, -0.1) is 23.5 Å². The van der Waals surface area contributed by atoms with Gasteiger partial charge in [-0.25, -0.2) is 0 Å². The molecule has 40 heavy (non-hydrogen) atoms. The summed E-state index contributed by atoms with van der Waals surface area (Å²) in [4.78, 5) is 36.7. The Morgan fingerprint density at radius 3 is 2.35 bits per heavy atom. The molecule has 1 aromatic carbocycles. The largest absolute Gasteiger partial charge is 0.380 e. The van der Waals surface area contributed by atoms with Crippen LogP contribution >= 0.6 is 23.5 Å². The zero-order valence-electron chi connectivity index (χ0n) is 23.9. The number of likely N-dealkylation sites (tertiary alicyclic amines) is 1. The maximum absolute atomic E-state index is 12.2. The van der Waals surface area contributed by atoms with E-state index in [0.29, 0.717) is 18.8 Å². The lowest BCUT2D eigenvalue weighted by Gasteiger charge is -2.22. The molecule has 1 fully saturated rings. The van der Waals surface area contributed by atoms with Crippen molar-refractivity contribution < 1.29 is 24.6 Å². The predicted molar refractivity (Wildman–Crippen MR) is 165 cm³/mol. The van der Waals surface area contributed by atoms with Gasteiger partial charge < -0.3 is 31.5 Å². The molecule has 0 saturated carbocycles. The first kappa shape index (κ1) is 35.5. The third-order valence-corrected chi connectivity index (χ3v) is 8.01. The predicted octanol–water partition coefficient (Wildman–Crippen LogP) is 2.69. The molecule has 11 heteroatoms. The fourth-order valence-electron chi connectivity index (χ4n) is 3.85. The van der Waals surface area contributed by atoms with Gasteiger partial charge >= 0.3 is 0 Å². The van der Waals surface area contributed by atoms with Crippen LogP contribution in [0.25, 0.3) is 0 Å². The molecular weight excluding hydrogens is 548 g/mol. The van der Waals surface area contributed by atoms with Crippen LogP contribution < -0.4 is 16.4 Å². The Kier molecular flexibility index (Phi) is 18.0. The topological polar surface area (TPSA) is 145 Å². The summed E-state index contributed by atoms with van der Waals surface area (Å²) in [6, 6.07) is 8.40. The molecule has 2 aliphatic heterocycles. The number of nitrogens with zero attached hydrogens (tertiary/aromatic N) is 1. The molecule has 1 saturated heterocycles. The number of benzene rings is 1. The van der Waals surface area contributed by atoms with Gasteiger partial charge in [0.25, 0.3) is 11.8 Å². The average Bonchev–Trinajstić information content (AvgIpc) is 3.73. The van der Waals surface area contributed by atoms with Gasteiger partial charge in [-0.2, -0.15) is 0 Å². The SMILES string of the molecule is C/C=C(/CNC(=O)C(O)C(O)C(=O)N1CCCC1)S/C=C(\C)Cc1ccccc1CC.CN.O=CC1=CSCN1. The van der Waals surface area contributed by atoms with Crippen LogP contribution in [0.2, 0.25) is 0 Å². The van der Waals surface area contributed by atoms with Crippen molar-refractivity contribution in [1.29, 1.82) is 0 Å². The van der Waals surface area contributed by atoms with E-state index >= 15 is 0 Å². The van der Waals surface area contributed by atoms with Crippen molar-refractivity contribution in [3.63, 3.8) is 0 Å². The second-order valence-corrected chi connectivity index (χ2v) is 10.8. The number of rotatable bonds is 11. The minimum absolute atomic E-state index is 0.219. The molecule has 6 N–H and O–H groups in total. The van der Waals surface area contributed by atoms with Gasteiger partial charge in [0.15, 0.2) is 18.5 Å². The van der Waals surface area contributed by atoms with Gasteiger partial charge in [-0.1, -0.05) is 42.8 Å². The van der Waals surface area contributed by atoms with E-state index < -0.39 is 24.0 Å². The number of nitrogens with two attached hydrogens (primary N) is 1. The molecule has 1 aromatic rings. The lowest BCUT2D eigenvalue weighted by Crippen LogP contribution is -2.50. The minimum atomic E-state index is -1.78. The van der Waals surface area contributed by atoms with Crippen molar-refractivity contribution in [3.8, 4) is 0 Å². The second-order valence-electron chi connectivity index (χ2n) is 8.95. The van der Waals surface area contributed by atoms with Crippen LogP contribution in [0.15, 0.2) is 57.3 Å². The van der Waals surface area contributed by atoms with Crippen molar-refractivity contribution in [2.24, 2.45) is 5.73 Å². The van der Waals surface area contributed by atoms with Gasteiger partial charge in [0.05, 0.1) is 11.6 Å². The number of allylic oxidation sites excluding steroid dienone is 3. The minimum Gasteiger partial charge on any atom is -0.380 e. The highest BCUT2D eigenvalue weighted by Crippen LogP contribution is 2.21. The van der Waals surface area contributed by atoms with Crippen molar-refractivity contribution in [2.45, 2.75) is 58.7 Å². The Labute approximate surface area is 246 Å². The lowest BCUT2D eigenvalue weighted by atomic mass is 10.00. The van der Waals surface area contributed by atoms with Crippen LogP contribution in [0.4, 0.5) is 0 Å². The molecule has 0 radical (unpaired) electrons. The summed E-state index contributed by atoms with van der Waals surface area (Å²) in [7, 11) is 1.50. The van der Waals surface area contributed by atoms with Crippen LogP contribution in [-0.4, -0.2) is 78.0 Å². The summed E-state index contributed by atoms with van der Waals surface area (Å²) in [6.45, 7) is 7.44. The third kappa shape index (κ3) is 12.3. The number of thioether (sulfide) groups is 2. The number of amides is 2. The van der Waals surface area contributed by atoms with Crippen molar-refractivity contribution in [2.75, 3.05) is 32.6 Å². The summed E-state index contributed by atoms with van der Waals surface area (Å²) in [6.07, 6.45) is 2.81. The van der Waals surface area contributed by atoms with Crippen LogP contribution in [0, 0.1) is 0 Å². The molecule has 0 aliphatic carbocycles. The molecule has 3 rings (SSSR count). The highest BCUT2D eigenvalue weighted by atomic mass is 32.2. The summed E-state index contributed by atoms with van der Waals surface area (Å²) in [5, 5.41) is 29.5. The van der Waals surface area contributed by atoms with E-state index in [-0.39, 0.29) is 6.54 Å². The quantitative estimate of drug-likeness (QED) is 0.245. The number of carbonyl (C=O) groups excluding carboxylic acids is 3. The molecule has 0 spiro atoms. The average molecular weight is 593 g/mol. The molecule has 2 atom stereocenters. The van der Waals surface area contributed by atoms with Gasteiger partial charge in [0, 0.05) is 24.5 Å². The number of aryl methyl sites for hydroxylation is 1. The van der Waals surface area contributed by atoms with Crippen LogP contribution in [0.3, 0.4) is 0 Å². The van der Waals surface area contributed by atoms with E-state index in [1.165, 1.54) is 40.4 Å². The molecular formula is C29H44N4O5S2. The van der Waals surface area contributed by atoms with E-state index in [4.69, 9.17) is 0 Å². The van der Waals surface area contributed by atoms with E-state index in [2.05, 4.69) is 59.9 Å². The van der Waals surface area contributed by atoms with Crippen LogP contribution in [0.1, 0.15) is 44.7 Å². The summed E-state index contributed by atoms with van der Waals surface area (Å²) in [5.41, 5.74) is 9.07. The Hall–Kier alpha value is -2.57. The summed E-state index contributed by atoms with van der Waals surface area (Å²) < 4.78 is 0. The number of hydrogen-bond acceptors (Lipinski definition) is 9. The van der Waals surface area contributed by atoms with Gasteiger partial charge in [-0.05, 0) is 68.5 Å². The summed E-state index contributed by atoms with van der Waals surface area (Å²) >= 11 is 3.12. The van der Waals surface area contributed by atoms with Gasteiger partial charge in [0.1, 0.15) is 0 Å². The number of aliphatic hydroxyl groups excluding tert-OH is 2. The zero-order valence-corrected chi connectivity index (χ0v) is 25.5. The summed E-state index contributed by atoms with van der Waals surface area (Å²) in [5.74, 6) is -0.502. The molecule has 2 amide bonds. The van der Waals surface area contributed by atoms with Crippen molar-refractivity contribution >= 4 is 41.6 Å². The maximum atomic E-state index is 12.2. The molecule has 222 valence electrons. The fraction of sp³-hybridized carbons (Fsp3) is 0.483. The highest BCUT2D eigenvalue weighted by molar-refractivity contribution is 8.05.